The van der Waals surface area contributed by atoms with Crippen molar-refractivity contribution in [3.63, 3.8) is 0 Å². The first kappa shape index (κ1) is 18.2. The average Bonchev–Trinajstić information content (AvgIpc) is 3.37. The molecule has 1 N–H and O–H groups in total. The molecule has 1 saturated heterocycles. The van der Waals surface area contributed by atoms with E-state index in [1.807, 2.05) is 0 Å². The molecule has 1 aliphatic heterocycles. The zero-order chi connectivity index (χ0) is 16.6. The minimum Gasteiger partial charge on any atom is -0.508 e. The van der Waals surface area contributed by atoms with Crippen molar-refractivity contribution >= 4 is 12.4 Å². The van der Waals surface area contributed by atoms with Crippen LogP contribution in [0.3, 0.4) is 0 Å². The van der Waals surface area contributed by atoms with Gasteiger partial charge in [0, 0.05) is 19.6 Å². The van der Waals surface area contributed by atoms with Crippen molar-refractivity contribution < 1.29 is 9.50 Å². The molecule has 134 valence electrons. The summed E-state index contributed by atoms with van der Waals surface area (Å²) in [4.78, 5) is 2.41. The molecule has 2 unspecified atom stereocenters. The SMILES string of the molecule is Cl.Oc1cccc(C2(F)CCN(CC3CC3c3ccccc3)CC2)c1. The van der Waals surface area contributed by atoms with Crippen molar-refractivity contribution in [3.8, 4) is 5.75 Å². The van der Waals surface area contributed by atoms with E-state index in [0.717, 1.165) is 25.6 Å². The van der Waals surface area contributed by atoms with E-state index < -0.39 is 5.67 Å². The number of benzene rings is 2. The third-order valence-corrected chi connectivity index (χ3v) is 5.66. The van der Waals surface area contributed by atoms with Crippen molar-refractivity contribution in [2.24, 2.45) is 5.92 Å². The van der Waals surface area contributed by atoms with E-state index in [2.05, 4.69) is 35.2 Å². The van der Waals surface area contributed by atoms with Gasteiger partial charge in [0.15, 0.2) is 0 Å². The minimum atomic E-state index is -1.29. The van der Waals surface area contributed by atoms with Crippen LogP contribution in [0.5, 0.6) is 5.75 Å². The first-order chi connectivity index (χ1) is 11.6. The summed E-state index contributed by atoms with van der Waals surface area (Å²) >= 11 is 0. The Labute approximate surface area is 155 Å². The summed E-state index contributed by atoms with van der Waals surface area (Å²) in [5, 5.41) is 9.60. The molecule has 2 aliphatic rings. The lowest BCUT2D eigenvalue weighted by Crippen LogP contribution is -2.41. The molecule has 25 heavy (non-hydrogen) atoms. The molecule has 2 nitrogen and oxygen atoms in total. The van der Waals surface area contributed by atoms with Crippen LogP contribution < -0.4 is 0 Å². The molecule has 1 aliphatic carbocycles. The lowest BCUT2D eigenvalue weighted by molar-refractivity contribution is 0.0536. The zero-order valence-corrected chi connectivity index (χ0v) is 15.1. The maximum Gasteiger partial charge on any atom is 0.138 e. The second-order valence-corrected chi connectivity index (χ2v) is 7.33. The fraction of sp³-hybridized carbons (Fsp3) is 0.429. The van der Waals surface area contributed by atoms with Gasteiger partial charge in [-0.3, -0.25) is 0 Å². The number of halogens is 2. The van der Waals surface area contributed by atoms with E-state index in [1.165, 1.54) is 12.0 Å². The highest BCUT2D eigenvalue weighted by atomic mass is 35.5. The van der Waals surface area contributed by atoms with Gasteiger partial charge in [-0.25, -0.2) is 4.39 Å². The van der Waals surface area contributed by atoms with Crippen LogP contribution >= 0.6 is 12.4 Å². The Morgan fingerprint density at radius 3 is 2.44 bits per heavy atom. The highest BCUT2D eigenvalue weighted by Gasteiger charge is 2.42. The maximum absolute atomic E-state index is 15.2. The smallest absolute Gasteiger partial charge is 0.138 e. The van der Waals surface area contributed by atoms with E-state index in [-0.39, 0.29) is 18.2 Å². The highest BCUT2D eigenvalue weighted by molar-refractivity contribution is 5.85. The van der Waals surface area contributed by atoms with Gasteiger partial charge in [-0.2, -0.15) is 0 Å². The molecule has 0 spiro atoms. The van der Waals surface area contributed by atoms with Gasteiger partial charge in [0.25, 0.3) is 0 Å². The molecule has 2 aromatic carbocycles. The quantitative estimate of drug-likeness (QED) is 0.839. The van der Waals surface area contributed by atoms with Crippen LogP contribution in [0, 0.1) is 5.92 Å². The number of phenols is 1. The van der Waals surface area contributed by atoms with Crippen LogP contribution in [-0.4, -0.2) is 29.6 Å². The number of hydrogen-bond acceptors (Lipinski definition) is 2. The number of alkyl halides is 1. The largest absolute Gasteiger partial charge is 0.508 e. The number of phenolic OH excluding ortho intramolecular Hbond substituents is 1. The van der Waals surface area contributed by atoms with Gasteiger partial charge in [-0.1, -0.05) is 42.5 Å². The molecular formula is C21H25ClFNO. The lowest BCUT2D eigenvalue weighted by atomic mass is 9.86. The van der Waals surface area contributed by atoms with Gasteiger partial charge >= 0.3 is 0 Å². The number of piperidine rings is 1. The van der Waals surface area contributed by atoms with Crippen LogP contribution in [0.15, 0.2) is 54.6 Å². The second-order valence-electron chi connectivity index (χ2n) is 7.33. The minimum absolute atomic E-state index is 0. The highest BCUT2D eigenvalue weighted by Crippen LogP contribution is 2.48. The molecule has 2 fully saturated rings. The summed E-state index contributed by atoms with van der Waals surface area (Å²) in [5.41, 5.74) is 0.771. The van der Waals surface area contributed by atoms with E-state index >= 15 is 4.39 Å². The van der Waals surface area contributed by atoms with E-state index in [1.54, 1.807) is 24.3 Å². The van der Waals surface area contributed by atoms with Gasteiger partial charge < -0.3 is 10.0 Å². The summed E-state index contributed by atoms with van der Waals surface area (Å²) in [6.07, 6.45) is 2.28. The van der Waals surface area contributed by atoms with Gasteiger partial charge in [0.1, 0.15) is 11.4 Å². The number of likely N-dealkylation sites (tertiary alicyclic amines) is 1. The normalized spacial score (nSPS) is 25.2. The molecule has 0 radical (unpaired) electrons. The van der Waals surface area contributed by atoms with E-state index in [9.17, 15) is 5.11 Å². The summed E-state index contributed by atoms with van der Waals surface area (Å²) < 4.78 is 15.2. The van der Waals surface area contributed by atoms with Crippen molar-refractivity contribution in [3.05, 3.63) is 65.7 Å². The van der Waals surface area contributed by atoms with Crippen LogP contribution in [-0.2, 0) is 5.67 Å². The number of aromatic hydroxyl groups is 1. The second kappa shape index (κ2) is 7.35. The van der Waals surface area contributed by atoms with Crippen molar-refractivity contribution in [1.82, 2.24) is 4.90 Å². The molecule has 1 heterocycles. The summed E-state index contributed by atoms with van der Waals surface area (Å²) in [6, 6.07) is 17.4. The van der Waals surface area contributed by atoms with Gasteiger partial charge in [-0.05, 0) is 54.4 Å². The summed E-state index contributed by atoms with van der Waals surface area (Å²) in [7, 11) is 0. The van der Waals surface area contributed by atoms with Crippen LogP contribution in [0.4, 0.5) is 4.39 Å². The molecule has 2 atom stereocenters. The Morgan fingerprint density at radius 2 is 1.76 bits per heavy atom. The molecular weight excluding hydrogens is 337 g/mol. The van der Waals surface area contributed by atoms with Crippen molar-refractivity contribution in [2.45, 2.75) is 30.8 Å². The maximum atomic E-state index is 15.2. The molecule has 0 aromatic heterocycles. The zero-order valence-electron chi connectivity index (χ0n) is 14.3. The van der Waals surface area contributed by atoms with Crippen LogP contribution in [0.2, 0.25) is 0 Å². The predicted octanol–water partition coefficient (Wildman–Crippen LogP) is 4.88. The van der Waals surface area contributed by atoms with Crippen molar-refractivity contribution in [1.29, 1.82) is 0 Å². The van der Waals surface area contributed by atoms with E-state index in [0.29, 0.717) is 24.3 Å². The van der Waals surface area contributed by atoms with Crippen molar-refractivity contribution in [2.75, 3.05) is 19.6 Å². The molecule has 2 aromatic rings. The van der Waals surface area contributed by atoms with E-state index in [4.69, 9.17) is 0 Å². The standard InChI is InChI=1S/C21H24FNO.ClH/c22-21(18-7-4-8-19(24)14-18)9-11-23(12-10-21)15-17-13-20(17)16-5-2-1-3-6-16;/h1-8,14,17,20,24H,9-13,15H2;1H. The number of rotatable bonds is 4. The third kappa shape index (κ3) is 3.99. The molecule has 0 bridgehead atoms. The first-order valence-corrected chi connectivity index (χ1v) is 8.90. The van der Waals surface area contributed by atoms with Gasteiger partial charge in [0.2, 0.25) is 0 Å². The van der Waals surface area contributed by atoms with Crippen LogP contribution in [0.1, 0.15) is 36.3 Å². The predicted molar refractivity (Wildman–Crippen MR) is 101 cm³/mol. The Bertz CT molecular complexity index is 700. The monoisotopic (exact) mass is 361 g/mol. The molecule has 0 amide bonds. The molecule has 4 rings (SSSR count). The Balaban J connectivity index is 0.00000182. The third-order valence-electron chi connectivity index (χ3n) is 5.66. The fourth-order valence-corrected chi connectivity index (χ4v) is 4.05. The first-order valence-electron chi connectivity index (χ1n) is 8.90. The molecule has 1 saturated carbocycles. The Morgan fingerprint density at radius 1 is 1.04 bits per heavy atom. The van der Waals surface area contributed by atoms with Crippen LogP contribution in [0.25, 0.3) is 0 Å². The Kier molecular flexibility index (Phi) is 5.35. The topological polar surface area (TPSA) is 23.5 Å². The fourth-order valence-electron chi connectivity index (χ4n) is 4.05. The summed E-state index contributed by atoms with van der Waals surface area (Å²) in [6.45, 7) is 2.67. The average molecular weight is 362 g/mol. The number of hydrogen-bond donors (Lipinski definition) is 1. The molecule has 4 heteroatoms. The Hall–Kier alpha value is -1.58. The number of nitrogens with zero attached hydrogens (tertiary/aromatic N) is 1. The van der Waals surface area contributed by atoms with Gasteiger partial charge in [-0.15, -0.1) is 12.4 Å². The lowest BCUT2D eigenvalue weighted by Gasteiger charge is -2.37. The summed E-state index contributed by atoms with van der Waals surface area (Å²) in [5.74, 6) is 1.56. The van der Waals surface area contributed by atoms with Gasteiger partial charge in [0.05, 0.1) is 0 Å².